The average molecular weight is 209 g/mol. The van der Waals surface area contributed by atoms with Gasteiger partial charge in [-0.15, -0.1) is 0 Å². The van der Waals surface area contributed by atoms with E-state index >= 15 is 0 Å². The summed E-state index contributed by atoms with van der Waals surface area (Å²) in [6, 6.07) is 0.615. The Kier molecular flexibility index (Phi) is 3.38. The number of rotatable bonds is 4. The number of hydrogen-bond acceptors (Lipinski definition) is 3. The molecule has 1 fully saturated rings. The SMILES string of the molecule is Cn1cc(C(CO)NC2CCCC2)cn1. The highest BCUT2D eigenvalue weighted by Crippen LogP contribution is 2.21. The highest BCUT2D eigenvalue weighted by atomic mass is 16.3. The van der Waals surface area contributed by atoms with Crippen LogP contribution in [-0.2, 0) is 7.05 Å². The van der Waals surface area contributed by atoms with E-state index in [9.17, 15) is 5.11 Å². The van der Waals surface area contributed by atoms with Crippen LogP contribution in [0.1, 0.15) is 37.3 Å². The molecule has 1 heterocycles. The summed E-state index contributed by atoms with van der Waals surface area (Å²) in [5.74, 6) is 0. The normalized spacial score (nSPS) is 19.6. The van der Waals surface area contributed by atoms with Crippen LogP contribution < -0.4 is 5.32 Å². The molecule has 1 aliphatic rings. The fourth-order valence-corrected chi connectivity index (χ4v) is 2.25. The van der Waals surface area contributed by atoms with Crippen LogP contribution in [0.3, 0.4) is 0 Å². The fraction of sp³-hybridized carbons (Fsp3) is 0.727. The van der Waals surface area contributed by atoms with Gasteiger partial charge in [0.05, 0.1) is 18.8 Å². The van der Waals surface area contributed by atoms with Gasteiger partial charge in [0.1, 0.15) is 0 Å². The molecule has 15 heavy (non-hydrogen) atoms. The second kappa shape index (κ2) is 4.77. The van der Waals surface area contributed by atoms with Gasteiger partial charge in [0.25, 0.3) is 0 Å². The molecule has 1 atom stereocenters. The summed E-state index contributed by atoms with van der Waals surface area (Å²) < 4.78 is 1.77. The van der Waals surface area contributed by atoms with Gasteiger partial charge >= 0.3 is 0 Å². The molecule has 0 aromatic carbocycles. The van der Waals surface area contributed by atoms with Crippen molar-refractivity contribution in [3.05, 3.63) is 18.0 Å². The molecule has 2 N–H and O–H groups in total. The second-order valence-corrected chi connectivity index (χ2v) is 4.33. The van der Waals surface area contributed by atoms with Crippen LogP contribution in [0, 0.1) is 0 Å². The van der Waals surface area contributed by atoms with Crippen molar-refractivity contribution in [3.8, 4) is 0 Å². The molecule has 4 nitrogen and oxygen atoms in total. The van der Waals surface area contributed by atoms with E-state index in [0.717, 1.165) is 5.56 Å². The molecule has 1 aromatic rings. The number of aliphatic hydroxyl groups is 1. The molecule has 84 valence electrons. The molecule has 1 saturated carbocycles. The Labute approximate surface area is 90.3 Å². The van der Waals surface area contributed by atoms with Crippen LogP contribution in [0.15, 0.2) is 12.4 Å². The minimum absolute atomic E-state index is 0.0433. The van der Waals surface area contributed by atoms with Crippen LogP contribution in [0.5, 0.6) is 0 Å². The van der Waals surface area contributed by atoms with E-state index in [4.69, 9.17) is 0 Å². The van der Waals surface area contributed by atoms with E-state index in [1.807, 2.05) is 19.4 Å². The predicted octanol–water partition coefficient (Wildman–Crippen LogP) is 0.986. The van der Waals surface area contributed by atoms with Crippen LogP contribution in [0.2, 0.25) is 0 Å². The lowest BCUT2D eigenvalue weighted by Gasteiger charge is -2.19. The van der Waals surface area contributed by atoms with Crippen molar-refractivity contribution in [2.24, 2.45) is 7.05 Å². The zero-order valence-corrected chi connectivity index (χ0v) is 9.19. The first kappa shape index (κ1) is 10.6. The van der Waals surface area contributed by atoms with Gasteiger partial charge in [0, 0.05) is 24.8 Å². The Morgan fingerprint density at radius 1 is 1.60 bits per heavy atom. The summed E-state index contributed by atoms with van der Waals surface area (Å²) in [7, 11) is 1.90. The van der Waals surface area contributed by atoms with Crippen LogP contribution in [0.25, 0.3) is 0 Å². The van der Waals surface area contributed by atoms with Crippen molar-refractivity contribution >= 4 is 0 Å². The monoisotopic (exact) mass is 209 g/mol. The highest BCUT2D eigenvalue weighted by Gasteiger charge is 2.20. The Balaban J connectivity index is 1.97. The largest absolute Gasteiger partial charge is 0.394 e. The first-order valence-electron chi connectivity index (χ1n) is 5.65. The van der Waals surface area contributed by atoms with Crippen molar-refractivity contribution in [2.75, 3.05) is 6.61 Å². The van der Waals surface area contributed by atoms with Gasteiger partial charge in [-0.25, -0.2) is 0 Å². The number of aromatic nitrogens is 2. The van der Waals surface area contributed by atoms with Gasteiger partial charge in [0.15, 0.2) is 0 Å². The predicted molar refractivity (Wildman–Crippen MR) is 58.4 cm³/mol. The Bertz CT molecular complexity index is 305. The second-order valence-electron chi connectivity index (χ2n) is 4.33. The van der Waals surface area contributed by atoms with Crippen LogP contribution in [0.4, 0.5) is 0 Å². The highest BCUT2D eigenvalue weighted by molar-refractivity contribution is 5.10. The van der Waals surface area contributed by atoms with E-state index in [-0.39, 0.29) is 12.6 Å². The third kappa shape index (κ3) is 2.58. The first-order valence-corrected chi connectivity index (χ1v) is 5.65. The fourth-order valence-electron chi connectivity index (χ4n) is 2.25. The Morgan fingerprint density at radius 3 is 2.87 bits per heavy atom. The van der Waals surface area contributed by atoms with Gasteiger partial charge in [-0.3, -0.25) is 4.68 Å². The number of nitrogens with one attached hydrogen (secondary N) is 1. The summed E-state index contributed by atoms with van der Waals surface area (Å²) in [6.07, 6.45) is 8.87. The minimum Gasteiger partial charge on any atom is -0.394 e. The molecule has 4 heteroatoms. The van der Waals surface area contributed by atoms with E-state index in [1.54, 1.807) is 4.68 Å². The number of aryl methyl sites for hydroxylation is 1. The first-order chi connectivity index (χ1) is 7.29. The summed E-state index contributed by atoms with van der Waals surface area (Å²) in [4.78, 5) is 0. The number of nitrogens with zero attached hydrogens (tertiary/aromatic N) is 2. The quantitative estimate of drug-likeness (QED) is 0.777. The lowest BCUT2D eigenvalue weighted by molar-refractivity contribution is 0.233. The minimum atomic E-state index is 0.0433. The molecule has 0 spiro atoms. The van der Waals surface area contributed by atoms with Crippen molar-refractivity contribution in [2.45, 2.75) is 37.8 Å². The van der Waals surface area contributed by atoms with Gasteiger partial charge in [-0.05, 0) is 12.8 Å². The summed E-state index contributed by atoms with van der Waals surface area (Å²) in [5, 5.41) is 17.0. The van der Waals surface area contributed by atoms with Gasteiger partial charge in [-0.2, -0.15) is 5.10 Å². The zero-order valence-electron chi connectivity index (χ0n) is 9.19. The molecule has 0 amide bonds. The third-order valence-corrected chi connectivity index (χ3v) is 3.10. The lowest BCUT2D eigenvalue weighted by atomic mass is 10.1. The topological polar surface area (TPSA) is 50.1 Å². The smallest absolute Gasteiger partial charge is 0.0627 e. The maximum atomic E-state index is 9.35. The summed E-state index contributed by atoms with van der Waals surface area (Å²) in [5.41, 5.74) is 1.08. The van der Waals surface area contributed by atoms with E-state index in [2.05, 4.69) is 10.4 Å². The van der Waals surface area contributed by atoms with Gasteiger partial charge in [-0.1, -0.05) is 12.8 Å². The van der Waals surface area contributed by atoms with E-state index in [1.165, 1.54) is 25.7 Å². The third-order valence-electron chi connectivity index (χ3n) is 3.10. The molecule has 1 aliphatic carbocycles. The zero-order chi connectivity index (χ0) is 10.7. The molecule has 0 saturated heterocycles. The average Bonchev–Trinajstić information content (AvgIpc) is 2.85. The lowest BCUT2D eigenvalue weighted by Crippen LogP contribution is -2.32. The van der Waals surface area contributed by atoms with Crippen molar-refractivity contribution in [1.29, 1.82) is 0 Å². The molecule has 0 bridgehead atoms. The summed E-state index contributed by atoms with van der Waals surface area (Å²) >= 11 is 0. The van der Waals surface area contributed by atoms with Crippen molar-refractivity contribution in [3.63, 3.8) is 0 Å². The standard InChI is InChI=1S/C11H19N3O/c1-14-7-9(6-12-14)11(8-15)13-10-4-2-3-5-10/h6-7,10-11,13,15H,2-5,8H2,1H3. The number of aliphatic hydroxyl groups excluding tert-OH is 1. The van der Waals surface area contributed by atoms with Crippen LogP contribution in [-0.4, -0.2) is 27.5 Å². The van der Waals surface area contributed by atoms with E-state index in [0.29, 0.717) is 6.04 Å². The molecule has 0 radical (unpaired) electrons. The maximum absolute atomic E-state index is 9.35. The molecular weight excluding hydrogens is 190 g/mol. The van der Waals surface area contributed by atoms with Gasteiger partial charge < -0.3 is 10.4 Å². The van der Waals surface area contributed by atoms with Crippen molar-refractivity contribution in [1.82, 2.24) is 15.1 Å². The van der Waals surface area contributed by atoms with Crippen LogP contribution >= 0.6 is 0 Å². The molecule has 2 rings (SSSR count). The van der Waals surface area contributed by atoms with E-state index < -0.39 is 0 Å². The maximum Gasteiger partial charge on any atom is 0.0627 e. The van der Waals surface area contributed by atoms with Crippen molar-refractivity contribution < 1.29 is 5.11 Å². The molecular formula is C11H19N3O. The molecule has 1 aromatic heterocycles. The summed E-state index contributed by atoms with van der Waals surface area (Å²) in [6.45, 7) is 0.141. The molecule has 0 aliphatic heterocycles. The molecule has 1 unspecified atom stereocenters. The number of hydrogen-bond donors (Lipinski definition) is 2. The Morgan fingerprint density at radius 2 is 2.33 bits per heavy atom. The Hall–Kier alpha value is -0.870. The van der Waals surface area contributed by atoms with Gasteiger partial charge in [0.2, 0.25) is 0 Å².